The Morgan fingerprint density at radius 3 is 1.74 bits per heavy atom. The van der Waals surface area contributed by atoms with Crippen LogP contribution in [0.4, 0.5) is 0 Å². The van der Waals surface area contributed by atoms with Crippen LogP contribution in [0.1, 0.15) is 41.5 Å². The number of carbonyl (C=O) groups is 1. The molecule has 19 heavy (non-hydrogen) atoms. The third kappa shape index (κ3) is 6.75. The van der Waals surface area contributed by atoms with Crippen molar-refractivity contribution in [3.8, 4) is 0 Å². The Balaban J connectivity index is 5.24. The lowest BCUT2D eigenvalue weighted by Gasteiger charge is -2.31. The van der Waals surface area contributed by atoms with Crippen LogP contribution in [0.5, 0.6) is 0 Å². The highest BCUT2D eigenvalue weighted by Crippen LogP contribution is 2.57. The van der Waals surface area contributed by atoms with Crippen LogP contribution in [-0.4, -0.2) is 29.9 Å². The van der Waals surface area contributed by atoms with Crippen LogP contribution in [0.25, 0.3) is 0 Å². The fraction of sp³-hybridized carbons (Fsp3) is 0.917. The minimum absolute atomic E-state index is 0.213. The number of carbonyl (C=O) groups excluding carboxylic acids is 1. The van der Waals surface area contributed by atoms with Gasteiger partial charge in [-0.3, -0.25) is 9.36 Å². The Kier molecular flexibility index (Phi) is 8.21. The maximum Gasteiger partial charge on any atom is 0.371 e. The number of alkyl halides is 1. The molecule has 0 N–H and O–H groups in total. The number of esters is 1. The molecule has 0 spiro atoms. The Morgan fingerprint density at radius 2 is 1.47 bits per heavy atom. The Hall–Kier alpha value is -0.0900. The van der Waals surface area contributed by atoms with Crippen LogP contribution in [0, 0.1) is 5.92 Å². The normalized spacial score (nSPS) is 14.2. The van der Waals surface area contributed by atoms with Gasteiger partial charge in [0, 0.05) is 5.92 Å². The summed E-state index contributed by atoms with van der Waals surface area (Å²) in [5.41, 5.74) is 0. The molecule has 7 heteroatoms. The summed E-state index contributed by atoms with van der Waals surface area (Å²) in [6, 6.07) is 0. The average molecular weight is 315 g/mol. The van der Waals surface area contributed by atoms with Gasteiger partial charge in [0.25, 0.3) is 0 Å². The molecule has 0 aliphatic heterocycles. The number of halogens is 1. The molecule has 0 radical (unpaired) electrons. The van der Waals surface area contributed by atoms with E-state index in [4.69, 9.17) is 25.4 Å². The molecule has 0 fully saturated rings. The highest BCUT2D eigenvalue weighted by Gasteiger charge is 2.42. The first kappa shape index (κ1) is 18.9. The van der Waals surface area contributed by atoms with Crippen molar-refractivity contribution in [1.29, 1.82) is 0 Å². The monoisotopic (exact) mass is 314 g/mol. The second-order valence-corrected chi connectivity index (χ2v) is 7.38. The molecule has 0 amide bonds. The summed E-state index contributed by atoms with van der Waals surface area (Å²) in [6.45, 7) is 10.6. The zero-order valence-corrected chi connectivity index (χ0v) is 14.0. The minimum atomic E-state index is -3.57. The van der Waals surface area contributed by atoms with Crippen molar-refractivity contribution in [3.63, 3.8) is 0 Å². The van der Waals surface area contributed by atoms with Crippen LogP contribution < -0.4 is 0 Å². The number of rotatable bonds is 8. The van der Waals surface area contributed by atoms with Crippen LogP contribution >= 0.6 is 19.2 Å². The molecule has 0 aliphatic rings. The molecule has 5 nitrogen and oxygen atoms in total. The summed E-state index contributed by atoms with van der Waals surface area (Å²) in [6.07, 6.45) is -0.610. The number of hydrogen-bond acceptors (Lipinski definition) is 5. The zero-order valence-electron chi connectivity index (χ0n) is 12.4. The van der Waals surface area contributed by atoms with Gasteiger partial charge in [0.1, 0.15) is 5.88 Å². The molecule has 114 valence electrons. The second-order valence-electron chi connectivity index (χ2n) is 5.11. The van der Waals surface area contributed by atoms with E-state index in [1.807, 2.05) is 0 Å². The summed E-state index contributed by atoms with van der Waals surface area (Å²) in [7, 11) is -3.57. The average Bonchev–Trinajstić information content (AvgIpc) is 2.22. The SMILES string of the molecule is CC(C)OP(=O)(OC(C)C)[C@@H](OC(=O)CCl)C(C)C. The molecule has 1 atom stereocenters. The van der Waals surface area contributed by atoms with E-state index in [0.717, 1.165) is 0 Å². The fourth-order valence-electron chi connectivity index (χ4n) is 1.46. The maximum atomic E-state index is 12.9. The predicted octanol–water partition coefficient (Wildman–Crippen LogP) is 3.79. The van der Waals surface area contributed by atoms with Crippen LogP contribution in [0.15, 0.2) is 0 Å². The van der Waals surface area contributed by atoms with E-state index in [-0.39, 0.29) is 24.0 Å². The first-order valence-electron chi connectivity index (χ1n) is 6.34. The third-order valence-electron chi connectivity index (χ3n) is 1.96. The summed E-state index contributed by atoms with van der Waals surface area (Å²) in [5, 5.41) is 0. The molecule has 0 aromatic carbocycles. The summed E-state index contributed by atoms with van der Waals surface area (Å²) < 4.78 is 28.9. The molecule has 0 unspecified atom stereocenters. The Morgan fingerprint density at radius 1 is 1.05 bits per heavy atom. The molecule has 0 aromatic heterocycles. The number of hydrogen-bond donors (Lipinski definition) is 0. The first-order chi connectivity index (χ1) is 8.62. The van der Waals surface area contributed by atoms with E-state index in [1.165, 1.54) is 0 Å². The standard InChI is InChI=1S/C12H24ClO5P/c1-8(2)12(16-11(14)7-13)19(15,17-9(3)4)18-10(5)6/h8-10,12H,7H2,1-6H3/t12-/m1/s1. The van der Waals surface area contributed by atoms with Crippen molar-refractivity contribution in [2.45, 2.75) is 59.6 Å². The van der Waals surface area contributed by atoms with E-state index < -0.39 is 19.4 Å². The third-order valence-corrected chi connectivity index (χ3v) is 4.93. The van der Waals surface area contributed by atoms with Gasteiger partial charge in [0.05, 0.1) is 12.2 Å². The van der Waals surface area contributed by atoms with Crippen molar-refractivity contribution in [1.82, 2.24) is 0 Å². The highest BCUT2D eigenvalue weighted by molar-refractivity contribution is 7.54. The summed E-state index contributed by atoms with van der Waals surface area (Å²) in [4.78, 5) is 11.4. The van der Waals surface area contributed by atoms with Crippen molar-refractivity contribution in [2.24, 2.45) is 5.92 Å². The summed E-state index contributed by atoms with van der Waals surface area (Å²) in [5.74, 6) is -2.11. The molecule has 0 rings (SSSR count). The van der Waals surface area contributed by atoms with Crippen molar-refractivity contribution >= 4 is 25.2 Å². The Bertz CT molecular complexity index is 316. The highest BCUT2D eigenvalue weighted by atomic mass is 35.5. The minimum Gasteiger partial charge on any atom is -0.448 e. The Labute approximate surface area is 120 Å². The lowest BCUT2D eigenvalue weighted by Crippen LogP contribution is -2.28. The van der Waals surface area contributed by atoms with E-state index in [2.05, 4.69) is 0 Å². The predicted molar refractivity (Wildman–Crippen MR) is 75.5 cm³/mol. The summed E-state index contributed by atoms with van der Waals surface area (Å²) >= 11 is 5.42. The lowest BCUT2D eigenvalue weighted by atomic mass is 10.2. The van der Waals surface area contributed by atoms with Gasteiger partial charge in [-0.2, -0.15) is 0 Å². The van der Waals surface area contributed by atoms with Gasteiger partial charge in [-0.1, -0.05) is 13.8 Å². The zero-order chi connectivity index (χ0) is 15.2. The first-order valence-corrected chi connectivity index (χ1v) is 8.49. The molecule has 0 heterocycles. The maximum absolute atomic E-state index is 12.9. The molecule has 0 saturated carbocycles. The molecule has 0 bridgehead atoms. The topological polar surface area (TPSA) is 61.8 Å². The fourth-order valence-corrected chi connectivity index (χ4v) is 3.97. The van der Waals surface area contributed by atoms with Crippen molar-refractivity contribution < 1.29 is 23.1 Å². The van der Waals surface area contributed by atoms with Crippen molar-refractivity contribution in [3.05, 3.63) is 0 Å². The van der Waals surface area contributed by atoms with Crippen LogP contribution in [0.3, 0.4) is 0 Å². The van der Waals surface area contributed by atoms with Gasteiger partial charge in [-0.05, 0) is 27.7 Å². The second kappa shape index (κ2) is 8.25. The van der Waals surface area contributed by atoms with Gasteiger partial charge in [0.15, 0.2) is 0 Å². The van der Waals surface area contributed by atoms with Crippen LogP contribution in [0.2, 0.25) is 0 Å². The van der Waals surface area contributed by atoms with E-state index in [0.29, 0.717) is 0 Å². The van der Waals surface area contributed by atoms with Crippen LogP contribution in [-0.2, 0) is 23.1 Å². The number of ether oxygens (including phenoxy) is 1. The van der Waals surface area contributed by atoms with Gasteiger partial charge >= 0.3 is 13.6 Å². The van der Waals surface area contributed by atoms with E-state index in [1.54, 1.807) is 41.5 Å². The molecule has 0 aromatic rings. The molecular weight excluding hydrogens is 291 g/mol. The van der Waals surface area contributed by atoms with Gasteiger partial charge in [-0.15, -0.1) is 11.6 Å². The van der Waals surface area contributed by atoms with Gasteiger partial charge in [-0.25, -0.2) is 0 Å². The quantitative estimate of drug-likeness (QED) is 0.387. The van der Waals surface area contributed by atoms with E-state index in [9.17, 15) is 9.36 Å². The molecular formula is C12H24ClO5P. The molecule has 0 saturated heterocycles. The van der Waals surface area contributed by atoms with Gasteiger partial charge < -0.3 is 13.8 Å². The lowest BCUT2D eigenvalue weighted by molar-refractivity contribution is -0.145. The van der Waals surface area contributed by atoms with E-state index >= 15 is 0 Å². The van der Waals surface area contributed by atoms with Gasteiger partial charge in [0.2, 0.25) is 5.85 Å². The van der Waals surface area contributed by atoms with Crippen molar-refractivity contribution in [2.75, 3.05) is 5.88 Å². The molecule has 0 aliphatic carbocycles. The smallest absolute Gasteiger partial charge is 0.371 e. The largest absolute Gasteiger partial charge is 0.448 e.